The SMILES string of the molecule is CC(C)Nc1cc(-n2ccc3cc(C#N)cnc32)ncc1C(=O)N1CCC(C=O)CC1. The maximum Gasteiger partial charge on any atom is 0.257 e. The Balaban J connectivity index is 1.69. The number of aromatic nitrogens is 3. The molecular formula is C23H24N6O2. The first kappa shape index (κ1) is 20.5. The Kier molecular flexibility index (Phi) is 5.67. The van der Waals surface area contributed by atoms with E-state index in [1.54, 1.807) is 17.2 Å². The zero-order valence-corrected chi connectivity index (χ0v) is 17.6. The smallest absolute Gasteiger partial charge is 0.257 e. The van der Waals surface area contributed by atoms with Crippen LogP contribution in [0.1, 0.15) is 42.6 Å². The lowest BCUT2D eigenvalue weighted by Crippen LogP contribution is -2.39. The van der Waals surface area contributed by atoms with Gasteiger partial charge in [0.15, 0.2) is 0 Å². The predicted octanol–water partition coefficient (Wildman–Crippen LogP) is 3.16. The summed E-state index contributed by atoms with van der Waals surface area (Å²) in [6.07, 6.45) is 7.36. The average molecular weight is 416 g/mol. The molecule has 3 aromatic heterocycles. The number of aldehydes is 1. The molecule has 3 aromatic rings. The number of nitriles is 1. The summed E-state index contributed by atoms with van der Waals surface area (Å²) in [5.74, 6) is 0.584. The van der Waals surface area contributed by atoms with Crippen molar-refractivity contribution in [2.45, 2.75) is 32.7 Å². The zero-order valence-electron chi connectivity index (χ0n) is 17.6. The van der Waals surface area contributed by atoms with Crippen molar-refractivity contribution in [3.63, 3.8) is 0 Å². The van der Waals surface area contributed by atoms with Gasteiger partial charge in [0.1, 0.15) is 23.8 Å². The lowest BCUT2D eigenvalue weighted by atomic mass is 9.98. The molecule has 4 rings (SSSR count). The van der Waals surface area contributed by atoms with Gasteiger partial charge in [-0.1, -0.05) is 0 Å². The Labute approximate surface area is 180 Å². The van der Waals surface area contributed by atoms with Gasteiger partial charge in [-0.05, 0) is 38.8 Å². The predicted molar refractivity (Wildman–Crippen MR) is 117 cm³/mol. The van der Waals surface area contributed by atoms with E-state index in [9.17, 15) is 9.59 Å². The van der Waals surface area contributed by atoms with E-state index in [0.29, 0.717) is 54.2 Å². The van der Waals surface area contributed by atoms with Gasteiger partial charge in [-0.3, -0.25) is 9.36 Å². The van der Waals surface area contributed by atoms with Crippen LogP contribution in [-0.4, -0.2) is 50.8 Å². The number of nitrogens with zero attached hydrogens (tertiary/aromatic N) is 5. The number of anilines is 1. The number of hydrogen-bond acceptors (Lipinski definition) is 6. The highest BCUT2D eigenvalue weighted by Crippen LogP contribution is 2.26. The van der Waals surface area contributed by atoms with Crippen LogP contribution in [0.3, 0.4) is 0 Å². The minimum atomic E-state index is -0.0827. The lowest BCUT2D eigenvalue weighted by molar-refractivity contribution is -0.112. The van der Waals surface area contributed by atoms with Crippen LogP contribution < -0.4 is 5.32 Å². The highest BCUT2D eigenvalue weighted by atomic mass is 16.2. The molecule has 0 bridgehead atoms. The number of piperidine rings is 1. The van der Waals surface area contributed by atoms with Crippen molar-refractivity contribution in [1.82, 2.24) is 19.4 Å². The summed E-state index contributed by atoms with van der Waals surface area (Å²) in [7, 11) is 0. The zero-order chi connectivity index (χ0) is 22.0. The van der Waals surface area contributed by atoms with Crippen molar-refractivity contribution >= 4 is 28.9 Å². The van der Waals surface area contributed by atoms with Gasteiger partial charge < -0.3 is 15.0 Å². The van der Waals surface area contributed by atoms with Gasteiger partial charge in [0.25, 0.3) is 5.91 Å². The van der Waals surface area contributed by atoms with E-state index in [2.05, 4.69) is 21.4 Å². The molecule has 8 nitrogen and oxygen atoms in total. The van der Waals surface area contributed by atoms with E-state index in [4.69, 9.17) is 5.26 Å². The van der Waals surface area contributed by atoms with Crippen molar-refractivity contribution in [3.05, 3.63) is 47.9 Å². The molecular weight excluding hydrogens is 392 g/mol. The monoisotopic (exact) mass is 416 g/mol. The Morgan fingerprint density at radius 2 is 2.03 bits per heavy atom. The molecule has 1 fully saturated rings. The molecule has 0 radical (unpaired) electrons. The third-order valence-corrected chi connectivity index (χ3v) is 5.49. The van der Waals surface area contributed by atoms with Crippen molar-refractivity contribution in [3.8, 4) is 11.9 Å². The summed E-state index contributed by atoms with van der Waals surface area (Å²) in [6, 6.07) is 7.74. The molecule has 1 aliphatic rings. The molecule has 0 aromatic carbocycles. The highest BCUT2D eigenvalue weighted by molar-refractivity contribution is 5.99. The molecule has 0 atom stereocenters. The van der Waals surface area contributed by atoms with Crippen LogP contribution >= 0.6 is 0 Å². The van der Waals surface area contributed by atoms with E-state index in [1.165, 1.54) is 6.20 Å². The number of pyridine rings is 2. The van der Waals surface area contributed by atoms with Crippen LogP contribution in [0.15, 0.2) is 36.8 Å². The van der Waals surface area contributed by atoms with Gasteiger partial charge in [0.2, 0.25) is 0 Å². The molecule has 4 heterocycles. The van der Waals surface area contributed by atoms with Gasteiger partial charge in [-0.2, -0.15) is 5.26 Å². The average Bonchev–Trinajstić information content (AvgIpc) is 3.21. The topological polar surface area (TPSA) is 104 Å². The van der Waals surface area contributed by atoms with Crippen LogP contribution in [0.2, 0.25) is 0 Å². The van der Waals surface area contributed by atoms with Crippen LogP contribution in [0.4, 0.5) is 5.69 Å². The second-order valence-electron chi connectivity index (χ2n) is 8.09. The number of nitrogens with one attached hydrogen (secondary N) is 1. The largest absolute Gasteiger partial charge is 0.382 e. The normalized spacial score (nSPS) is 14.6. The van der Waals surface area contributed by atoms with Gasteiger partial charge >= 0.3 is 0 Å². The van der Waals surface area contributed by atoms with Crippen LogP contribution in [0, 0.1) is 17.2 Å². The van der Waals surface area contributed by atoms with E-state index >= 15 is 0 Å². The van der Waals surface area contributed by atoms with E-state index in [0.717, 1.165) is 11.7 Å². The fourth-order valence-corrected chi connectivity index (χ4v) is 3.86. The first-order valence-electron chi connectivity index (χ1n) is 10.4. The molecule has 0 spiro atoms. The maximum absolute atomic E-state index is 13.2. The lowest BCUT2D eigenvalue weighted by Gasteiger charge is -2.30. The first-order chi connectivity index (χ1) is 15.0. The first-order valence-corrected chi connectivity index (χ1v) is 10.4. The molecule has 0 aliphatic carbocycles. The van der Waals surface area contributed by atoms with Crippen molar-refractivity contribution in [1.29, 1.82) is 5.26 Å². The molecule has 0 unspecified atom stereocenters. The van der Waals surface area contributed by atoms with E-state index in [1.807, 2.05) is 36.7 Å². The van der Waals surface area contributed by atoms with Gasteiger partial charge in [0, 0.05) is 55.1 Å². The summed E-state index contributed by atoms with van der Waals surface area (Å²) in [5, 5.41) is 13.3. The van der Waals surface area contributed by atoms with Crippen molar-refractivity contribution < 1.29 is 9.59 Å². The second-order valence-corrected chi connectivity index (χ2v) is 8.09. The second kappa shape index (κ2) is 8.56. The number of rotatable bonds is 5. The third-order valence-electron chi connectivity index (χ3n) is 5.49. The minimum Gasteiger partial charge on any atom is -0.382 e. The fourth-order valence-electron chi connectivity index (χ4n) is 3.86. The summed E-state index contributed by atoms with van der Waals surface area (Å²) >= 11 is 0. The molecule has 1 saturated heterocycles. The molecule has 31 heavy (non-hydrogen) atoms. The molecule has 1 amide bonds. The molecule has 1 aliphatic heterocycles. The molecule has 0 saturated carbocycles. The van der Waals surface area contributed by atoms with Crippen LogP contribution in [0.5, 0.6) is 0 Å². The highest BCUT2D eigenvalue weighted by Gasteiger charge is 2.25. The van der Waals surface area contributed by atoms with Crippen LogP contribution in [0.25, 0.3) is 16.9 Å². The Morgan fingerprint density at radius 3 is 2.71 bits per heavy atom. The number of fused-ring (bicyclic) bond motifs is 1. The Bertz CT molecular complexity index is 1170. The standard InChI is InChI=1S/C23H24N6O2/c1-15(2)27-20-10-21(29-8-5-18-9-17(11-24)12-26-22(18)29)25-13-19(20)23(31)28-6-3-16(14-30)4-7-28/h5,8-10,12-16H,3-4,6-7H2,1-2H3,(H,25,27). The summed E-state index contributed by atoms with van der Waals surface area (Å²) in [4.78, 5) is 34.9. The summed E-state index contributed by atoms with van der Waals surface area (Å²) in [6.45, 7) is 5.16. The van der Waals surface area contributed by atoms with Gasteiger partial charge in [-0.15, -0.1) is 0 Å². The quantitative estimate of drug-likeness (QED) is 0.641. The number of amides is 1. The van der Waals surface area contributed by atoms with Gasteiger partial charge in [0.05, 0.1) is 16.8 Å². The van der Waals surface area contributed by atoms with E-state index < -0.39 is 0 Å². The summed E-state index contributed by atoms with van der Waals surface area (Å²) < 4.78 is 1.84. The van der Waals surface area contributed by atoms with Crippen molar-refractivity contribution in [2.24, 2.45) is 5.92 Å². The fraction of sp³-hybridized carbons (Fsp3) is 0.348. The molecule has 1 N–H and O–H groups in total. The number of carbonyl (C=O) groups excluding carboxylic acids is 2. The van der Waals surface area contributed by atoms with Crippen LogP contribution in [-0.2, 0) is 4.79 Å². The number of carbonyl (C=O) groups is 2. The maximum atomic E-state index is 13.2. The van der Waals surface area contributed by atoms with Gasteiger partial charge in [-0.25, -0.2) is 9.97 Å². The summed E-state index contributed by atoms with van der Waals surface area (Å²) in [5.41, 5.74) is 2.41. The third kappa shape index (κ3) is 4.12. The Morgan fingerprint density at radius 1 is 1.26 bits per heavy atom. The number of likely N-dealkylation sites (tertiary alicyclic amines) is 1. The van der Waals surface area contributed by atoms with E-state index in [-0.39, 0.29) is 17.9 Å². The number of hydrogen-bond donors (Lipinski definition) is 1. The molecule has 158 valence electrons. The van der Waals surface area contributed by atoms with Crippen molar-refractivity contribution in [2.75, 3.05) is 18.4 Å². The minimum absolute atomic E-state index is 0.0360. The molecule has 8 heteroatoms. The Hall–Kier alpha value is -3.73.